The van der Waals surface area contributed by atoms with Crippen molar-refractivity contribution in [2.45, 2.75) is 13.5 Å². The minimum absolute atomic E-state index is 0.0430. The maximum Gasteiger partial charge on any atom is 0.197 e. The highest BCUT2D eigenvalue weighted by Crippen LogP contribution is 2.09. The van der Waals surface area contributed by atoms with Crippen LogP contribution in [0.15, 0.2) is 54.1 Å². The Labute approximate surface area is 111 Å². The number of hydrogen-bond donors (Lipinski definition) is 1. The third kappa shape index (κ3) is 3.57. The van der Waals surface area contributed by atoms with Gasteiger partial charge in [-0.2, -0.15) is 0 Å². The topological polar surface area (TPSA) is 29.1 Å². The highest BCUT2D eigenvalue weighted by Gasteiger charge is 2.00. The number of nitrogens with one attached hydrogen (secondary N) is 1. The number of allylic oxidation sites excluding steroid dienone is 1. The van der Waals surface area contributed by atoms with E-state index < -0.39 is 0 Å². The van der Waals surface area contributed by atoms with Crippen LogP contribution in [-0.2, 0) is 6.54 Å². The summed E-state index contributed by atoms with van der Waals surface area (Å²) in [5, 5.41) is 5.02. The van der Waals surface area contributed by atoms with Crippen molar-refractivity contribution in [3.63, 3.8) is 0 Å². The molecule has 0 aliphatic heterocycles. The third-order valence-corrected chi connectivity index (χ3v) is 3.43. The molecule has 3 heteroatoms. The van der Waals surface area contributed by atoms with Crippen molar-refractivity contribution in [1.29, 1.82) is 0 Å². The van der Waals surface area contributed by atoms with Crippen LogP contribution in [0.25, 0.3) is 0 Å². The number of rotatable bonds is 5. The Kier molecular flexibility index (Phi) is 4.31. The Morgan fingerprint density at radius 1 is 1.28 bits per heavy atom. The predicted molar refractivity (Wildman–Crippen MR) is 75.8 cm³/mol. The molecule has 1 aromatic heterocycles. The van der Waals surface area contributed by atoms with Crippen molar-refractivity contribution < 1.29 is 4.79 Å². The monoisotopic (exact) mass is 257 g/mol. The van der Waals surface area contributed by atoms with Crippen LogP contribution in [0.4, 0.5) is 0 Å². The van der Waals surface area contributed by atoms with E-state index in [-0.39, 0.29) is 5.78 Å². The second-order valence-corrected chi connectivity index (χ2v) is 4.99. The molecule has 0 saturated heterocycles. The molecule has 0 atom stereocenters. The van der Waals surface area contributed by atoms with E-state index in [1.54, 1.807) is 12.3 Å². The van der Waals surface area contributed by atoms with Crippen LogP contribution < -0.4 is 5.32 Å². The van der Waals surface area contributed by atoms with E-state index in [1.165, 1.54) is 22.5 Å². The molecule has 2 rings (SSSR count). The van der Waals surface area contributed by atoms with Gasteiger partial charge in [-0.15, -0.1) is 11.3 Å². The van der Waals surface area contributed by atoms with E-state index >= 15 is 0 Å². The molecule has 2 aromatic rings. The summed E-state index contributed by atoms with van der Waals surface area (Å²) in [6.45, 7) is 2.80. The summed E-state index contributed by atoms with van der Waals surface area (Å²) < 4.78 is 0. The zero-order valence-electron chi connectivity index (χ0n) is 10.2. The van der Waals surface area contributed by atoms with E-state index in [0.717, 1.165) is 11.4 Å². The quantitative estimate of drug-likeness (QED) is 0.655. The number of ketones is 1. The van der Waals surface area contributed by atoms with E-state index in [2.05, 4.69) is 36.5 Å². The first-order valence-electron chi connectivity index (χ1n) is 5.79. The van der Waals surface area contributed by atoms with Crippen molar-refractivity contribution in [2.75, 3.05) is 0 Å². The second kappa shape index (κ2) is 6.17. The van der Waals surface area contributed by atoms with Crippen molar-refractivity contribution in [1.82, 2.24) is 5.32 Å². The smallest absolute Gasteiger partial charge is 0.197 e. The lowest BCUT2D eigenvalue weighted by molar-refractivity contribution is 0.105. The van der Waals surface area contributed by atoms with Gasteiger partial charge in [-0.25, -0.2) is 0 Å². The molecule has 0 fully saturated rings. The molecule has 0 aliphatic rings. The van der Waals surface area contributed by atoms with Crippen LogP contribution in [0, 0.1) is 6.92 Å². The van der Waals surface area contributed by atoms with Crippen LogP contribution in [0.3, 0.4) is 0 Å². The lowest BCUT2D eigenvalue weighted by atomic mass is 10.1. The van der Waals surface area contributed by atoms with Crippen molar-refractivity contribution in [3.8, 4) is 0 Å². The molecule has 0 bridgehead atoms. The fourth-order valence-corrected chi connectivity index (χ4v) is 2.16. The molecule has 0 saturated carbocycles. The Hall–Kier alpha value is -1.87. The average Bonchev–Trinajstić information content (AvgIpc) is 2.90. The summed E-state index contributed by atoms with van der Waals surface area (Å²) in [6, 6.07) is 12.0. The Morgan fingerprint density at radius 2 is 2.06 bits per heavy atom. The first-order chi connectivity index (χ1) is 8.75. The molecule has 0 aliphatic carbocycles. The SMILES string of the molecule is Cc1ccc(CN/C=C/C(=O)c2cccs2)cc1. The van der Waals surface area contributed by atoms with Crippen molar-refractivity contribution in [3.05, 3.63) is 70.1 Å². The van der Waals surface area contributed by atoms with Crippen LogP contribution in [-0.4, -0.2) is 5.78 Å². The number of aryl methyl sites for hydroxylation is 1. The van der Waals surface area contributed by atoms with Gasteiger partial charge >= 0.3 is 0 Å². The summed E-state index contributed by atoms with van der Waals surface area (Å²) in [6.07, 6.45) is 3.28. The van der Waals surface area contributed by atoms with Gasteiger partial charge in [0.2, 0.25) is 0 Å². The minimum atomic E-state index is 0.0430. The number of carbonyl (C=O) groups is 1. The van der Waals surface area contributed by atoms with E-state index in [0.29, 0.717) is 0 Å². The zero-order valence-corrected chi connectivity index (χ0v) is 11.0. The van der Waals surface area contributed by atoms with Gasteiger partial charge in [0.05, 0.1) is 4.88 Å². The van der Waals surface area contributed by atoms with Gasteiger partial charge in [-0.05, 0) is 23.9 Å². The van der Waals surface area contributed by atoms with E-state index in [9.17, 15) is 4.79 Å². The van der Waals surface area contributed by atoms with Gasteiger partial charge in [0.25, 0.3) is 0 Å². The highest BCUT2D eigenvalue weighted by atomic mass is 32.1. The molecule has 92 valence electrons. The molecule has 1 aromatic carbocycles. The Bertz CT molecular complexity index is 526. The maximum atomic E-state index is 11.6. The Balaban J connectivity index is 1.82. The fraction of sp³-hybridized carbons (Fsp3) is 0.133. The van der Waals surface area contributed by atoms with Crippen LogP contribution in [0.1, 0.15) is 20.8 Å². The molecule has 0 amide bonds. The number of carbonyl (C=O) groups excluding carboxylic acids is 1. The number of thiophene rings is 1. The van der Waals surface area contributed by atoms with E-state index in [1.807, 2.05) is 17.5 Å². The highest BCUT2D eigenvalue weighted by molar-refractivity contribution is 7.12. The standard InChI is InChI=1S/C15H15NOS/c1-12-4-6-13(7-5-12)11-16-9-8-14(17)15-3-2-10-18-15/h2-10,16H,11H2,1H3/b9-8+. The predicted octanol–water partition coefficient (Wildman–Crippen LogP) is 3.54. The third-order valence-electron chi connectivity index (χ3n) is 2.54. The molecule has 18 heavy (non-hydrogen) atoms. The molecule has 0 unspecified atom stereocenters. The summed E-state index contributed by atoms with van der Waals surface area (Å²) in [5.41, 5.74) is 2.45. The average molecular weight is 257 g/mol. The van der Waals surface area contributed by atoms with Gasteiger partial charge < -0.3 is 5.32 Å². The Morgan fingerprint density at radius 3 is 2.72 bits per heavy atom. The van der Waals surface area contributed by atoms with Crippen LogP contribution in [0.2, 0.25) is 0 Å². The molecular formula is C15H15NOS. The lowest BCUT2D eigenvalue weighted by Crippen LogP contribution is -2.05. The summed E-state index contributed by atoms with van der Waals surface area (Å²) in [4.78, 5) is 12.4. The van der Waals surface area contributed by atoms with Crippen molar-refractivity contribution in [2.24, 2.45) is 0 Å². The molecule has 2 nitrogen and oxygen atoms in total. The molecule has 1 heterocycles. The largest absolute Gasteiger partial charge is 0.387 e. The van der Waals surface area contributed by atoms with Gasteiger partial charge in [-0.1, -0.05) is 35.9 Å². The summed E-state index contributed by atoms with van der Waals surface area (Å²) in [5.74, 6) is 0.0430. The van der Waals surface area contributed by atoms with Gasteiger partial charge in [0, 0.05) is 18.8 Å². The fourth-order valence-electron chi connectivity index (χ4n) is 1.52. The maximum absolute atomic E-state index is 11.6. The van der Waals surface area contributed by atoms with Gasteiger partial charge in [0.15, 0.2) is 5.78 Å². The first-order valence-corrected chi connectivity index (χ1v) is 6.67. The van der Waals surface area contributed by atoms with Crippen molar-refractivity contribution >= 4 is 17.1 Å². The first kappa shape index (κ1) is 12.6. The number of hydrogen-bond acceptors (Lipinski definition) is 3. The van der Waals surface area contributed by atoms with E-state index in [4.69, 9.17) is 0 Å². The summed E-state index contributed by atoms with van der Waals surface area (Å²) >= 11 is 1.46. The van der Waals surface area contributed by atoms with Crippen LogP contribution >= 0.6 is 11.3 Å². The van der Waals surface area contributed by atoms with Gasteiger partial charge in [0.1, 0.15) is 0 Å². The molecule has 0 spiro atoms. The van der Waals surface area contributed by atoms with Crippen LogP contribution in [0.5, 0.6) is 0 Å². The minimum Gasteiger partial charge on any atom is -0.387 e. The normalized spacial score (nSPS) is 10.7. The lowest BCUT2D eigenvalue weighted by Gasteiger charge is -2.01. The molecule has 1 N–H and O–H groups in total. The molecule has 0 radical (unpaired) electrons. The number of benzene rings is 1. The second-order valence-electron chi connectivity index (χ2n) is 4.04. The zero-order chi connectivity index (χ0) is 12.8. The molecular weight excluding hydrogens is 242 g/mol. The summed E-state index contributed by atoms with van der Waals surface area (Å²) in [7, 11) is 0. The van der Waals surface area contributed by atoms with Gasteiger partial charge in [-0.3, -0.25) is 4.79 Å².